The molecule has 0 amide bonds. The summed E-state index contributed by atoms with van der Waals surface area (Å²) < 4.78 is 0. The third-order valence-electron chi connectivity index (χ3n) is 6.09. The molecule has 0 spiro atoms. The highest BCUT2D eigenvalue weighted by atomic mass is 16.1. The topological polar surface area (TPSA) is 17.1 Å². The van der Waals surface area contributed by atoms with Crippen LogP contribution in [0.25, 0.3) is 0 Å². The molecule has 0 aromatic carbocycles. The van der Waals surface area contributed by atoms with Crippen molar-refractivity contribution in [3.63, 3.8) is 0 Å². The average Bonchev–Trinajstić information content (AvgIpc) is 2.76. The molecule has 0 aliphatic heterocycles. The van der Waals surface area contributed by atoms with Gasteiger partial charge in [-0.25, -0.2) is 0 Å². The first kappa shape index (κ1) is 16.5. The number of carbonyl (C=O) groups is 1. The van der Waals surface area contributed by atoms with Crippen LogP contribution in [0.4, 0.5) is 0 Å². The van der Waals surface area contributed by atoms with Crippen LogP contribution in [0.2, 0.25) is 0 Å². The molecule has 21 heavy (non-hydrogen) atoms. The standard InChI is InChI=1S/C20H32O/c1-14(2)17-11-13-20(5)12-10-16(4)19(21)9-7-15(3)6-8-18(17)20/h7,9-10,14-15,17-18H,6,8,11-13H2,1-5H3/b9-7-,16-10+/t15-,17+,18-,20-/m0/s1. The van der Waals surface area contributed by atoms with E-state index in [0.717, 1.165) is 29.7 Å². The van der Waals surface area contributed by atoms with Crippen LogP contribution >= 0.6 is 0 Å². The van der Waals surface area contributed by atoms with Crippen molar-refractivity contribution in [2.45, 2.75) is 66.7 Å². The molecular weight excluding hydrogens is 256 g/mol. The molecule has 2 aliphatic carbocycles. The third kappa shape index (κ3) is 3.67. The van der Waals surface area contributed by atoms with Gasteiger partial charge in [0.1, 0.15) is 0 Å². The molecule has 0 N–H and O–H groups in total. The zero-order valence-corrected chi connectivity index (χ0v) is 14.5. The number of allylic oxidation sites excluding steroid dienone is 4. The summed E-state index contributed by atoms with van der Waals surface area (Å²) in [7, 11) is 0. The van der Waals surface area contributed by atoms with Gasteiger partial charge in [0.15, 0.2) is 5.78 Å². The van der Waals surface area contributed by atoms with Crippen LogP contribution in [-0.2, 0) is 4.79 Å². The van der Waals surface area contributed by atoms with Gasteiger partial charge < -0.3 is 0 Å². The van der Waals surface area contributed by atoms with Crippen LogP contribution in [0.15, 0.2) is 23.8 Å². The second-order valence-electron chi connectivity index (χ2n) is 8.08. The van der Waals surface area contributed by atoms with Crippen molar-refractivity contribution in [3.05, 3.63) is 23.8 Å². The predicted molar refractivity (Wildman–Crippen MR) is 90.1 cm³/mol. The highest BCUT2D eigenvalue weighted by Gasteiger charge is 2.44. The molecule has 0 heterocycles. The van der Waals surface area contributed by atoms with Crippen molar-refractivity contribution < 1.29 is 4.79 Å². The van der Waals surface area contributed by atoms with E-state index in [1.807, 2.05) is 6.92 Å². The van der Waals surface area contributed by atoms with Crippen molar-refractivity contribution in [3.8, 4) is 0 Å². The number of hydrogen-bond acceptors (Lipinski definition) is 1. The Morgan fingerprint density at radius 3 is 2.62 bits per heavy atom. The SMILES string of the molecule is C/C1=C\C[C@@]2(C)CC[C@H](C(C)C)[C@@H]2CC[C@H](C)/C=C\C1=O. The molecule has 1 saturated carbocycles. The smallest absolute Gasteiger partial charge is 0.180 e. The minimum absolute atomic E-state index is 0.197. The molecule has 1 heteroatoms. The summed E-state index contributed by atoms with van der Waals surface area (Å²) in [6.07, 6.45) is 12.4. The van der Waals surface area contributed by atoms with E-state index in [4.69, 9.17) is 0 Å². The molecule has 0 radical (unpaired) electrons. The summed E-state index contributed by atoms with van der Waals surface area (Å²) >= 11 is 0. The maximum Gasteiger partial charge on any atom is 0.180 e. The zero-order valence-electron chi connectivity index (χ0n) is 14.5. The molecule has 0 bridgehead atoms. The Labute approximate surface area is 130 Å². The Hall–Kier alpha value is -0.850. The van der Waals surface area contributed by atoms with Gasteiger partial charge in [-0.2, -0.15) is 0 Å². The van der Waals surface area contributed by atoms with Crippen LogP contribution in [0.3, 0.4) is 0 Å². The van der Waals surface area contributed by atoms with Crippen LogP contribution in [-0.4, -0.2) is 5.78 Å². The molecule has 0 unspecified atom stereocenters. The fourth-order valence-corrected chi connectivity index (χ4v) is 4.42. The molecule has 1 nitrogen and oxygen atoms in total. The van der Waals surface area contributed by atoms with Gasteiger partial charge in [0.05, 0.1) is 0 Å². The van der Waals surface area contributed by atoms with E-state index in [2.05, 4.69) is 39.8 Å². The van der Waals surface area contributed by atoms with Crippen molar-refractivity contribution in [1.29, 1.82) is 0 Å². The van der Waals surface area contributed by atoms with Gasteiger partial charge in [0.2, 0.25) is 0 Å². The second kappa shape index (κ2) is 6.50. The molecule has 0 aromatic rings. The normalized spacial score (nSPS) is 42.1. The molecule has 2 aliphatic rings. The Kier molecular flexibility index (Phi) is 5.11. The van der Waals surface area contributed by atoms with Crippen molar-refractivity contribution in [1.82, 2.24) is 0 Å². The van der Waals surface area contributed by atoms with E-state index in [0.29, 0.717) is 11.3 Å². The summed E-state index contributed by atoms with van der Waals surface area (Å²) in [4.78, 5) is 12.1. The first-order chi connectivity index (χ1) is 9.83. The van der Waals surface area contributed by atoms with E-state index in [1.54, 1.807) is 6.08 Å². The lowest BCUT2D eigenvalue weighted by Gasteiger charge is -2.35. The van der Waals surface area contributed by atoms with Gasteiger partial charge in [0.25, 0.3) is 0 Å². The van der Waals surface area contributed by atoms with Gasteiger partial charge in [-0.3, -0.25) is 4.79 Å². The lowest BCUT2D eigenvalue weighted by molar-refractivity contribution is -0.111. The van der Waals surface area contributed by atoms with E-state index < -0.39 is 0 Å². The monoisotopic (exact) mass is 288 g/mol. The minimum atomic E-state index is 0.197. The highest BCUT2D eigenvalue weighted by Crippen LogP contribution is 2.54. The lowest BCUT2D eigenvalue weighted by atomic mass is 9.69. The van der Waals surface area contributed by atoms with Gasteiger partial charge >= 0.3 is 0 Å². The Morgan fingerprint density at radius 1 is 1.24 bits per heavy atom. The maximum atomic E-state index is 12.1. The minimum Gasteiger partial charge on any atom is -0.290 e. The molecule has 118 valence electrons. The van der Waals surface area contributed by atoms with E-state index in [9.17, 15) is 4.79 Å². The molecule has 2 rings (SSSR count). The summed E-state index contributed by atoms with van der Waals surface area (Å²) in [5.74, 6) is 3.15. The molecule has 0 aromatic heterocycles. The largest absolute Gasteiger partial charge is 0.290 e. The third-order valence-corrected chi connectivity index (χ3v) is 6.09. The lowest BCUT2D eigenvalue weighted by Crippen LogP contribution is -2.27. The maximum absolute atomic E-state index is 12.1. The fourth-order valence-electron chi connectivity index (χ4n) is 4.42. The Bertz CT molecular complexity index is 443. The van der Waals surface area contributed by atoms with E-state index >= 15 is 0 Å². The van der Waals surface area contributed by atoms with Crippen molar-refractivity contribution in [2.75, 3.05) is 0 Å². The van der Waals surface area contributed by atoms with Crippen molar-refractivity contribution in [2.24, 2.45) is 29.1 Å². The molecule has 1 fully saturated rings. The summed E-state index contributed by atoms with van der Waals surface area (Å²) in [5, 5.41) is 0. The van der Waals surface area contributed by atoms with Gasteiger partial charge in [0, 0.05) is 0 Å². The van der Waals surface area contributed by atoms with Crippen LogP contribution in [0.5, 0.6) is 0 Å². The van der Waals surface area contributed by atoms with Gasteiger partial charge in [-0.15, -0.1) is 0 Å². The summed E-state index contributed by atoms with van der Waals surface area (Å²) in [5.41, 5.74) is 1.31. The number of fused-ring (bicyclic) bond motifs is 1. The quantitative estimate of drug-likeness (QED) is 0.616. The number of carbonyl (C=O) groups excluding carboxylic acids is 1. The Balaban J connectivity index is 2.29. The van der Waals surface area contributed by atoms with E-state index in [-0.39, 0.29) is 5.78 Å². The van der Waals surface area contributed by atoms with Gasteiger partial charge in [-0.1, -0.05) is 39.8 Å². The second-order valence-corrected chi connectivity index (χ2v) is 8.08. The molecule has 0 saturated heterocycles. The first-order valence-corrected chi connectivity index (χ1v) is 8.73. The van der Waals surface area contributed by atoms with Gasteiger partial charge in [-0.05, 0) is 79.8 Å². The number of hydrogen-bond donors (Lipinski definition) is 0. The fraction of sp³-hybridized carbons (Fsp3) is 0.750. The zero-order chi connectivity index (χ0) is 15.6. The molecule has 4 atom stereocenters. The summed E-state index contributed by atoms with van der Waals surface area (Å²) in [6, 6.07) is 0. The van der Waals surface area contributed by atoms with Crippen LogP contribution in [0.1, 0.15) is 66.7 Å². The average molecular weight is 288 g/mol. The first-order valence-electron chi connectivity index (χ1n) is 8.73. The Morgan fingerprint density at radius 2 is 1.95 bits per heavy atom. The summed E-state index contributed by atoms with van der Waals surface area (Å²) in [6.45, 7) is 11.5. The predicted octanol–water partition coefficient (Wildman–Crippen LogP) is 5.57. The van der Waals surface area contributed by atoms with E-state index in [1.165, 1.54) is 25.7 Å². The van der Waals surface area contributed by atoms with Crippen LogP contribution < -0.4 is 0 Å². The highest BCUT2D eigenvalue weighted by molar-refractivity contribution is 6.03. The van der Waals surface area contributed by atoms with Crippen LogP contribution in [0, 0.1) is 29.1 Å². The molecular formula is C20H32O. The van der Waals surface area contributed by atoms with Crippen molar-refractivity contribution >= 4 is 5.78 Å². The number of ketones is 1. The number of rotatable bonds is 1.